The Morgan fingerprint density at radius 3 is 2.44 bits per heavy atom. The second-order valence-corrected chi connectivity index (χ2v) is 4.85. The normalized spacial score (nSPS) is 13.8. The zero-order valence-electron chi connectivity index (χ0n) is 12.0. The maximum atomic E-state index is 5.77. The summed E-state index contributed by atoms with van der Waals surface area (Å²) in [6.07, 6.45) is 6.75. The molecule has 0 spiro atoms. The lowest BCUT2D eigenvalue weighted by Crippen LogP contribution is -2.24. The third-order valence-corrected chi connectivity index (χ3v) is 3.11. The molecule has 0 N–H and O–H groups in total. The van der Waals surface area contributed by atoms with E-state index >= 15 is 0 Å². The number of hydrogen-bond donors (Lipinski definition) is 0. The second-order valence-electron chi connectivity index (χ2n) is 4.20. The summed E-state index contributed by atoms with van der Waals surface area (Å²) < 4.78 is 11.2. The van der Waals surface area contributed by atoms with Crippen LogP contribution in [-0.2, 0) is 9.47 Å². The van der Waals surface area contributed by atoms with Gasteiger partial charge in [-0.15, -0.1) is 5.92 Å². The lowest BCUT2D eigenvalue weighted by atomic mass is 10.1. The highest BCUT2D eigenvalue weighted by atomic mass is 79.9. The fourth-order valence-electron chi connectivity index (χ4n) is 1.55. The van der Waals surface area contributed by atoms with Crippen molar-refractivity contribution >= 4 is 15.9 Å². The van der Waals surface area contributed by atoms with E-state index in [2.05, 4.69) is 41.6 Å². The highest BCUT2D eigenvalue weighted by Gasteiger charge is 2.12. The van der Waals surface area contributed by atoms with Gasteiger partial charge in [0.15, 0.2) is 6.29 Å². The van der Waals surface area contributed by atoms with Crippen molar-refractivity contribution in [2.75, 3.05) is 11.9 Å². The van der Waals surface area contributed by atoms with Crippen molar-refractivity contribution in [3.63, 3.8) is 0 Å². The largest absolute Gasteiger partial charge is 0.352 e. The molecule has 0 saturated heterocycles. The molecule has 0 aromatic carbocycles. The van der Waals surface area contributed by atoms with Gasteiger partial charge in [-0.25, -0.2) is 0 Å². The van der Waals surface area contributed by atoms with Crippen molar-refractivity contribution in [1.29, 1.82) is 0 Å². The van der Waals surface area contributed by atoms with Gasteiger partial charge in [0.2, 0.25) is 0 Å². The molecule has 0 radical (unpaired) electrons. The lowest BCUT2D eigenvalue weighted by Gasteiger charge is -2.18. The predicted molar refractivity (Wildman–Crippen MR) is 80.9 cm³/mol. The maximum absolute atomic E-state index is 5.77. The molecule has 0 heterocycles. The Hall–Kier alpha value is -0.0400. The summed E-state index contributed by atoms with van der Waals surface area (Å²) in [5.41, 5.74) is 0. The van der Waals surface area contributed by atoms with Crippen LogP contribution >= 0.6 is 15.9 Å². The fourth-order valence-corrected chi connectivity index (χ4v) is 1.89. The lowest BCUT2D eigenvalue weighted by molar-refractivity contribution is -0.140. The molecule has 18 heavy (non-hydrogen) atoms. The number of alkyl halides is 1. The number of unbranched alkanes of at least 4 members (excludes halogenated alkanes) is 4. The monoisotopic (exact) mass is 318 g/mol. The van der Waals surface area contributed by atoms with Gasteiger partial charge in [-0.1, -0.05) is 55.0 Å². The maximum Gasteiger partial charge on any atom is 0.168 e. The molecule has 0 aliphatic carbocycles. The van der Waals surface area contributed by atoms with E-state index in [1.165, 1.54) is 25.7 Å². The van der Waals surface area contributed by atoms with Crippen LogP contribution in [0.5, 0.6) is 0 Å². The molecule has 0 aromatic heterocycles. The first-order valence-corrected chi connectivity index (χ1v) is 8.21. The van der Waals surface area contributed by atoms with Crippen molar-refractivity contribution in [2.45, 2.75) is 71.7 Å². The average Bonchev–Trinajstić information content (AvgIpc) is 2.40. The summed E-state index contributed by atoms with van der Waals surface area (Å²) in [5.74, 6) is 6.42. The van der Waals surface area contributed by atoms with Gasteiger partial charge in [-0.05, 0) is 19.8 Å². The second kappa shape index (κ2) is 13.4. The Bertz CT molecular complexity index is 232. The molecular formula is C15H27BrO2. The van der Waals surface area contributed by atoms with E-state index in [-0.39, 0.29) is 12.4 Å². The van der Waals surface area contributed by atoms with Crippen LogP contribution in [0.25, 0.3) is 0 Å². The van der Waals surface area contributed by atoms with E-state index in [1.54, 1.807) is 0 Å². The topological polar surface area (TPSA) is 18.5 Å². The summed E-state index contributed by atoms with van der Waals surface area (Å²) in [7, 11) is 0. The smallest absolute Gasteiger partial charge is 0.168 e. The third kappa shape index (κ3) is 9.94. The van der Waals surface area contributed by atoms with Gasteiger partial charge in [-0.2, -0.15) is 0 Å². The molecule has 3 heteroatoms. The van der Waals surface area contributed by atoms with Crippen LogP contribution in [0, 0.1) is 11.8 Å². The molecule has 0 aliphatic heterocycles. The van der Waals surface area contributed by atoms with Gasteiger partial charge in [0, 0.05) is 13.0 Å². The SMILES string of the molecule is CCCCCCC#CC(CC)OC(CBr)OCC. The first kappa shape index (κ1) is 18.0. The molecule has 2 unspecified atom stereocenters. The molecule has 0 rings (SSSR count). The average molecular weight is 319 g/mol. The van der Waals surface area contributed by atoms with Crippen LogP contribution in [0.1, 0.15) is 59.3 Å². The zero-order chi connectivity index (χ0) is 13.6. The molecule has 2 nitrogen and oxygen atoms in total. The van der Waals surface area contributed by atoms with Gasteiger partial charge in [0.1, 0.15) is 6.10 Å². The first-order valence-electron chi connectivity index (χ1n) is 7.09. The quantitative estimate of drug-likeness (QED) is 0.255. The zero-order valence-corrected chi connectivity index (χ0v) is 13.6. The van der Waals surface area contributed by atoms with Crippen molar-refractivity contribution < 1.29 is 9.47 Å². The van der Waals surface area contributed by atoms with Crippen LogP contribution in [0.15, 0.2) is 0 Å². The fraction of sp³-hybridized carbons (Fsp3) is 0.867. The Balaban J connectivity index is 3.90. The van der Waals surface area contributed by atoms with E-state index in [0.717, 1.165) is 12.8 Å². The summed E-state index contributed by atoms with van der Waals surface area (Å²) in [6.45, 7) is 6.95. The van der Waals surface area contributed by atoms with Gasteiger partial charge < -0.3 is 9.47 Å². The van der Waals surface area contributed by atoms with Crippen LogP contribution < -0.4 is 0 Å². The number of hydrogen-bond acceptors (Lipinski definition) is 2. The molecule has 0 amide bonds. The van der Waals surface area contributed by atoms with E-state index < -0.39 is 0 Å². The van der Waals surface area contributed by atoms with Crippen molar-refractivity contribution in [3.8, 4) is 11.8 Å². The number of rotatable bonds is 10. The third-order valence-electron chi connectivity index (χ3n) is 2.58. The molecule has 0 aromatic rings. The van der Waals surface area contributed by atoms with E-state index in [0.29, 0.717) is 11.9 Å². The standard InChI is InChI=1S/C15H27BrO2/c1-4-7-8-9-10-11-12-14(5-2)18-15(13-16)17-6-3/h14-15H,4-10,13H2,1-3H3. The molecule has 0 fully saturated rings. The summed E-state index contributed by atoms with van der Waals surface area (Å²) in [6, 6.07) is 0. The van der Waals surface area contributed by atoms with Gasteiger partial charge >= 0.3 is 0 Å². The minimum absolute atomic E-state index is 0.00900. The number of ether oxygens (including phenoxy) is 2. The minimum Gasteiger partial charge on any atom is -0.352 e. The van der Waals surface area contributed by atoms with Crippen LogP contribution in [-0.4, -0.2) is 24.3 Å². The summed E-state index contributed by atoms with van der Waals surface area (Å²) >= 11 is 3.39. The minimum atomic E-state index is -0.186. The van der Waals surface area contributed by atoms with E-state index in [9.17, 15) is 0 Å². The van der Waals surface area contributed by atoms with Crippen LogP contribution in [0.4, 0.5) is 0 Å². The van der Waals surface area contributed by atoms with E-state index in [1.807, 2.05) is 6.92 Å². The van der Waals surface area contributed by atoms with Gasteiger partial charge in [-0.3, -0.25) is 0 Å². The molecular weight excluding hydrogens is 292 g/mol. The molecule has 0 saturated carbocycles. The highest BCUT2D eigenvalue weighted by Crippen LogP contribution is 2.07. The van der Waals surface area contributed by atoms with E-state index in [4.69, 9.17) is 9.47 Å². The summed E-state index contributed by atoms with van der Waals surface area (Å²) in [5, 5.41) is 0.690. The molecule has 106 valence electrons. The predicted octanol–water partition coefficient (Wildman–Crippen LogP) is 4.51. The van der Waals surface area contributed by atoms with Crippen molar-refractivity contribution in [2.24, 2.45) is 0 Å². The Kier molecular flexibility index (Phi) is 13.4. The molecule has 2 atom stereocenters. The van der Waals surface area contributed by atoms with Crippen molar-refractivity contribution in [3.05, 3.63) is 0 Å². The summed E-state index contributed by atoms with van der Waals surface area (Å²) in [4.78, 5) is 0. The van der Waals surface area contributed by atoms with Gasteiger partial charge in [0.05, 0.1) is 5.33 Å². The molecule has 0 bridgehead atoms. The first-order chi connectivity index (χ1) is 8.78. The van der Waals surface area contributed by atoms with Crippen LogP contribution in [0.3, 0.4) is 0 Å². The Morgan fingerprint density at radius 1 is 1.11 bits per heavy atom. The van der Waals surface area contributed by atoms with Crippen molar-refractivity contribution in [1.82, 2.24) is 0 Å². The Morgan fingerprint density at radius 2 is 1.89 bits per heavy atom. The van der Waals surface area contributed by atoms with Gasteiger partial charge in [0.25, 0.3) is 0 Å². The Labute approximate surface area is 121 Å². The van der Waals surface area contributed by atoms with Crippen LogP contribution in [0.2, 0.25) is 0 Å². The molecule has 0 aliphatic rings. The highest BCUT2D eigenvalue weighted by molar-refractivity contribution is 9.09. The number of halogens is 1.